The summed E-state index contributed by atoms with van der Waals surface area (Å²) >= 11 is 0. The van der Waals surface area contributed by atoms with Crippen LogP contribution in [-0.2, 0) is 11.3 Å². The molecule has 0 aliphatic carbocycles. The summed E-state index contributed by atoms with van der Waals surface area (Å²) in [6.07, 6.45) is 1.45. The van der Waals surface area contributed by atoms with Gasteiger partial charge >= 0.3 is 0 Å². The Hall–Kier alpha value is -1.75. The van der Waals surface area contributed by atoms with E-state index >= 15 is 0 Å². The van der Waals surface area contributed by atoms with E-state index in [1.165, 1.54) is 0 Å². The van der Waals surface area contributed by atoms with Crippen LogP contribution in [-0.4, -0.2) is 25.7 Å². The van der Waals surface area contributed by atoms with Crippen molar-refractivity contribution in [3.05, 3.63) is 23.8 Å². The lowest BCUT2D eigenvalue weighted by Gasteiger charge is -2.17. The number of nitrogens with one attached hydrogen (secondary N) is 1. The van der Waals surface area contributed by atoms with Gasteiger partial charge in [0.05, 0.1) is 7.11 Å². The molecule has 20 heavy (non-hydrogen) atoms. The van der Waals surface area contributed by atoms with Crippen LogP contribution in [0.25, 0.3) is 0 Å². The molecule has 0 bridgehead atoms. The summed E-state index contributed by atoms with van der Waals surface area (Å²) in [6, 6.07) is 5.45. The molecule has 5 heteroatoms. The first-order valence-corrected chi connectivity index (χ1v) is 6.93. The Labute approximate surface area is 120 Å². The van der Waals surface area contributed by atoms with Crippen LogP contribution in [0.15, 0.2) is 18.2 Å². The van der Waals surface area contributed by atoms with Gasteiger partial charge in [-0.2, -0.15) is 0 Å². The number of rotatable bonds is 8. The molecule has 0 radical (unpaired) electrons. The summed E-state index contributed by atoms with van der Waals surface area (Å²) in [6.45, 7) is 4.91. The number of nitrogens with two attached hydrogens (primary N) is 1. The van der Waals surface area contributed by atoms with Crippen molar-refractivity contribution in [3.63, 3.8) is 0 Å². The van der Waals surface area contributed by atoms with Crippen LogP contribution in [0.2, 0.25) is 0 Å². The fourth-order valence-corrected chi connectivity index (χ4v) is 1.71. The predicted molar refractivity (Wildman–Crippen MR) is 78.9 cm³/mol. The van der Waals surface area contributed by atoms with E-state index < -0.39 is 6.10 Å². The second-order valence-corrected chi connectivity index (χ2v) is 4.59. The lowest BCUT2D eigenvalue weighted by atomic mass is 10.2. The molecule has 1 atom stereocenters. The zero-order valence-electron chi connectivity index (χ0n) is 12.4. The van der Waals surface area contributed by atoms with E-state index in [1.807, 2.05) is 12.1 Å². The van der Waals surface area contributed by atoms with E-state index in [1.54, 1.807) is 20.1 Å². The number of carbonyl (C=O) groups excluding carboxylic acids is 1. The summed E-state index contributed by atoms with van der Waals surface area (Å²) < 4.78 is 10.9. The van der Waals surface area contributed by atoms with Crippen molar-refractivity contribution in [1.82, 2.24) is 5.32 Å². The number of methoxy groups -OCH3 is 1. The first-order chi connectivity index (χ1) is 9.62. The molecule has 0 heterocycles. The molecule has 0 saturated heterocycles. The molecule has 0 aliphatic heterocycles. The monoisotopic (exact) mass is 280 g/mol. The molecular formula is C15H24N2O3. The van der Waals surface area contributed by atoms with Crippen molar-refractivity contribution in [2.24, 2.45) is 5.73 Å². The van der Waals surface area contributed by atoms with Gasteiger partial charge in [-0.15, -0.1) is 0 Å². The molecule has 1 unspecified atom stereocenters. The van der Waals surface area contributed by atoms with Gasteiger partial charge < -0.3 is 20.5 Å². The third-order valence-corrected chi connectivity index (χ3v) is 2.97. The molecule has 5 nitrogen and oxygen atoms in total. The number of hydrogen-bond donors (Lipinski definition) is 2. The van der Waals surface area contributed by atoms with Crippen LogP contribution >= 0.6 is 0 Å². The summed E-state index contributed by atoms with van der Waals surface area (Å²) in [5, 5.41) is 2.84. The standard InChI is InChI=1S/C15H24N2O3/c1-4-5-8-17-15(18)11(2)20-13-7-6-12(10-16)9-14(13)19-3/h6-7,9,11H,4-5,8,10,16H2,1-3H3,(H,17,18). The van der Waals surface area contributed by atoms with Gasteiger partial charge in [0.2, 0.25) is 0 Å². The van der Waals surface area contributed by atoms with Crippen molar-refractivity contribution in [1.29, 1.82) is 0 Å². The number of benzene rings is 1. The number of ether oxygens (including phenoxy) is 2. The molecule has 0 spiro atoms. The predicted octanol–water partition coefficient (Wildman–Crippen LogP) is 1.84. The van der Waals surface area contributed by atoms with Crippen LogP contribution in [0.4, 0.5) is 0 Å². The molecule has 1 amide bonds. The third-order valence-electron chi connectivity index (χ3n) is 2.97. The number of hydrogen-bond acceptors (Lipinski definition) is 4. The lowest BCUT2D eigenvalue weighted by molar-refractivity contribution is -0.127. The zero-order chi connectivity index (χ0) is 15.0. The molecule has 0 fully saturated rings. The largest absolute Gasteiger partial charge is 0.493 e. The SMILES string of the molecule is CCCCNC(=O)C(C)Oc1ccc(CN)cc1OC. The topological polar surface area (TPSA) is 73.6 Å². The van der Waals surface area contributed by atoms with Crippen molar-refractivity contribution < 1.29 is 14.3 Å². The van der Waals surface area contributed by atoms with Gasteiger partial charge in [0.1, 0.15) is 0 Å². The van der Waals surface area contributed by atoms with Crippen molar-refractivity contribution in [3.8, 4) is 11.5 Å². The van der Waals surface area contributed by atoms with Gasteiger partial charge in [0.25, 0.3) is 5.91 Å². The normalized spacial score (nSPS) is 11.8. The van der Waals surface area contributed by atoms with Gasteiger partial charge in [-0.3, -0.25) is 4.79 Å². The van der Waals surface area contributed by atoms with Crippen LogP contribution in [0.1, 0.15) is 32.3 Å². The van der Waals surface area contributed by atoms with E-state index in [0.717, 1.165) is 18.4 Å². The summed E-state index contributed by atoms with van der Waals surface area (Å²) in [4.78, 5) is 11.8. The summed E-state index contributed by atoms with van der Waals surface area (Å²) in [5.74, 6) is 1.01. The third kappa shape index (κ3) is 4.74. The molecule has 1 aromatic carbocycles. The maximum atomic E-state index is 11.8. The number of unbranched alkanes of at least 4 members (excludes halogenated alkanes) is 1. The van der Waals surface area contributed by atoms with E-state index in [0.29, 0.717) is 24.6 Å². The van der Waals surface area contributed by atoms with Gasteiger partial charge in [0.15, 0.2) is 17.6 Å². The molecule has 1 aromatic rings. The van der Waals surface area contributed by atoms with Gasteiger partial charge in [-0.1, -0.05) is 19.4 Å². The van der Waals surface area contributed by atoms with Crippen LogP contribution in [0.3, 0.4) is 0 Å². The highest BCUT2D eigenvalue weighted by atomic mass is 16.5. The van der Waals surface area contributed by atoms with Gasteiger partial charge in [-0.05, 0) is 31.0 Å². The second kappa shape index (κ2) is 8.43. The van der Waals surface area contributed by atoms with Crippen molar-refractivity contribution >= 4 is 5.91 Å². The van der Waals surface area contributed by atoms with E-state index in [4.69, 9.17) is 15.2 Å². The fourth-order valence-electron chi connectivity index (χ4n) is 1.71. The highest BCUT2D eigenvalue weighted by molar-refractivity contribution is 5.80. The molecular weight excluding hydrogens is 256 g/mol. The molecule has 112 valence electrons. The molecule has 1 rings (SSSR count). The summed E-state index contributed by atoms with van der Waals surface area (Å²) in [5.41, 5.74) is 6.53. The minimum absolute atomic E-state index is 0.122. The quantitative estimate of drug-likeness (QED) is 0.713. The first-order valence-electron chi connectivity index (χ1n) is 6.93. The van der Waals surface area contributed by atoms with Gasteiger partial charge in [-0.25, -0.2) is 0 Å². The lowest BCUT2D eigenvalue weighted by Crippen LogP contribution is -2.36. The highest BCUT2D eigenvalue weighted by Crippen LogP contribution is 2.28. The Morgan fingerprint density at radius 3 is 2.75 bits per heavy atom. The van der Waals surface area contributed by atoms with Crippen molar-refractivity contribution in [2.75, 3.05) is 13.7 Å². The average Bonchev–Trinajstić information content (AvgIpc) is 2.47. The number of amides is 1. The van der Waals surface area contributed by atoms with Gasteiger partial charge in [0, 0.05) is 13.1 Å². The van der Waals surface area contributed by atoms with E-state index in [-0.39, 0.29) is 5.91 Å². The van der Waals surface area contributed by atoms with Crippen LogP contribution in [0.5, 0.6) is 11.5 Å². The Morgan fingerprint density at radius 2 is 2.15 bits per heavy atom. The average molecular weight is 280 g/mol. The maximum absolute atomic E-state index is 11.8. The number of carbonyl (C=O) groups is 1. The molecule has 0 aliphatic rings. The smallest absolute Gasteiger partial charge is 0.260 e. The van der Waals surface area contributed by atoms with E-state index in [2.05, 4.69) is 12.2 Å². The van der Waals surface area contributed by atoms with Crippen LogP contribution in [0, 0.1) is 0 Å². The maximum Gasteiger partial charge on any atom is 0.260 e. The highest BCUT2D eigenvalue weighted by Gasteiger charge is 2.16. The van der Waals surface area contributed by atoms with Crippen LogP contribution < -0.4 is 20.5 Å². The molecule has 3 N–H and O–H groups in total. The fraction of sp³-hybridized carbons (Fsp3) is 0.533. The molecule has 0 saturated carbocycles. The second-order valence-electron chi connectivity index (χ2n) is 4.59. The van der Waals surface area contributed by atoms with Crippen molar-refractivity contribution in [2.45, 2.75) is 39.3 Å². The summed E-state index contributed by atoms with van der Waals surface area (Å²) in [7, 11) is 1.56. The Balaban J connectivity index is 2.65. The first kappa shape index (κ1) is 16.3. The zero-order valence-corrected chi connectivity index (χ0v) is 12.4. The van der Waals surface area contributed by atoms with E-state index in [9.17, 15) is 4.79 Å². The Morgan fingerprint density at radius 1 is 1.40 bits per heavy atom. The minimum Gasteiger partial charge on any atom is -0.493 e. The Bertz CT molecular complexity index is 435. The minimum atomic E-state index is -0.565. The Kier molecular flexibility index (Phi) is 6.87. The molecule has 0 aromatic heterocycles.